The molecule has 2 aromatic rings. The number of carboxylic acid groups (broad SMARTS) is 2. The third-order valence-corrected chi connectivity index (χ3v) is 8.05. The Bertz CT molecular complexity index is 1030. The SMILES string of the molecule is COC(=O)[C@@](C)(CC(=O)O)[C@H](C)c1ccc(Br)cc1.COC(=O)[C@](C)(CC(=O)O)[C@H](C)c1ccc(Br)cc1. The fourth-order valence-corrected chi connectivity index (χ4v) is 4.67. The molecule has 0 heterocycles. The van der Waals surface area contributed by atoms with Gasteiger partial charge in [0.05, 0.1) is 37.9 Å². The second-order valence-electron chi connectivity index (χ2n) is 9.51. The fourth-order valence-electron chi connectivity index (χ4n) is 4.14. The summed E-state index contributed by atoms with van der Waals surface area (Å²) in [6.45, 7) is 6.92. The molecule has 0 aliphatic heterocycles. The van der Waals surface area contributed by atoms with Gasteiger partial charge in [-0.05, 0) is 61.1 Å². The first-order chi connectivity index (χ1) is 17.6. The minimum atomic E-state index is -1.09. The van der Waals surface area contributed by atoms with Crippen LogP contribution in [-0.2, 0) is 28.7 Å². The third-order valence-electron chi connectivity index (χ3n) is 6.99. The van der Waals surface area contributed by atoms with Crippen molar-refractivity contribution in [3.8, 4) is 0 Å². The number of methoxy groups -OCH3 is 2. The molecule has 0 saturated heterocycles. The lowest BCUT2D eigenvalue weighted by Gasteiger charge is -2.31. The van der Waals surface area contributed by atoms with Crippen LogP contribution in [0.4, 0.5) is 0 Å². The lowest BCUT2D eigenvalue weighted by atomic mass is 9.72. The summed E-state index contributed by atoms with van der Waals surface area (Å²) in [6, 6.07) is 15.0. The van der Waals surface area contributed by atoms with E-state index in [2.05, 4.69) is 31.9 Å². The zero-order valence-electron chi connectivity index (χ0n) is 22.3. The monoisotopic (exact) mass is 656 g/mol. The van der Waals surface area contributed by atoms with E-state index in [0.717, 1.165) is 20.1 Å². The zero-order valence-corrected chi connectivity index (χ0v) is 25.5. The number of carbonyl (C=O) groups excluding carboxylic acids is 2. The molecule has 0 spiro atoms. The highest BCUT2D eigenvalue weighted by molar-refractivity contribution is 9.10. The van der Waals surface area contributed by atoms with E-state index in [1.54, 1.807) is 13.8 Å². The summed E-state index contributed by atoms with van der Waals surface area (Å²) in [4.78, 5) is 45.9. The standard InChI is InChI=1S/2C14H17BrO4/c2*1-9(10-4-6-11(15)7-5-10)14(2,8-12(16)17)13(18)19-3/h2*4-7,9H,8H2,1-3H3,(H,16,17)/t9-,14+;9-,14-/m11/s1. The summed E-state index contributed by atoms with van der Waals surface area (Å²) in [7, 11) is 2.55. The zero-order chi connectivity index (χ0) is 29.3. The second kappa shape index (κ2) is 14.4. The summed E-state index contributed by atoms with van der Waals surface area (Å²) in [6.07, 6.45) is -0.534. The quantitative estimate of drug-likeness (QED) is 0.281. The van der Waals surface area contributed by atoms with Crippen LogP contribution in [0.25, 0.3) is 0 Å². The number of ether oxygens (including phenoxy) is 2. The van der Waals surface area contributed by atoms with Gasteiger partial charge >= 0.3 is 23.9 Å². The van der Waals surface area contributed by atoms with Crippen molar-refractivity contribution in [1.29, 1.82) is 0 Å². The first-order valence-corrected chi connectivity index (χ1v) is 13.3. The van der Waals surface area contributed by atoms with Gasteiger partial charge in [0.1, 0.15) is 0 Å². The Morgan fingerprint density at radius 3 is 1.16 bits per heavy atom. The number of esters is 2. The van der Waals surface area contributed by atoms with E-state index in [1.165, 1.54) is 14.2 Å². The number of halogens is 2. The molecule has 2 rings (SSSR count). The lowest BCUT2D eigenvalue weighted by molar-refractivity contribution is -0.158. The highest BCUT2D eigenvalue weighted by Crippen LogP contribution is 2.41. The molecule has 0 aliphatic carbocycles. The lowest BCUT2D eigenvalue weighted by Crippen LogP contribution is -2.36. The van der Waals surface area contributed by atoms with Crippen molar-refractivity contribution in [3.05, 3.63) is 68.6 Å². The van der Waals surface area contributed by atoms with Crippen molar-refractivity contribution < 1.29 is 38.9 Å². The van der Waals surface area contributed by atoms with Gasteiger partial charge in [-0.1, -0.05) is 70.0 Å². The molecule has 0 aromatic heterocycles. The summed E-state index contributed by atoms with van der Waals surface area (Å²) in [5.41, 5.74) is -0.377. The van der Waals surface area contributed by atoms with Crippen LogP contribution >= 0.6 is 31.9 Å². The topological polar surface area (TPSA) is 127 Å². The van der Waals surface area contributed by atoms with Gasteiger partial charge in [-0.3, -0.25) is 19.2 Å². The minimum Gasteiger partial charge on any atom is -0.481 e. The molecule has 10 heteroatoms. The van der Waals surface area contributed by atoms with Crippen molar-refractivity contribution >= 4 is 55.7 Å². The van der Waals surface area contributed by atoms with E-state index in [0.29, 0.717) is 0 Å². The van der Waals surface area contributed by atoms with E-state index >= 15 is 0 Å². The minimum absolute atomic E-state index is 0.260. The summed E-state index contributed by atoms with van der Waals surface area (Å²) >= 11 is 6.68. The van der Waals surface area contributed by atoms with Crippen molar-refractivity contribution in [3.63, 3.8) is 0 Å². The van der Waals surface area contributed by atoms with Crippen LogP contribution in [0.15, 0.2) is 57.5 Å². The van der Waals surface area contributed by atoms with Crippen molar-refractivity contribution in [2.75, 3.05) is 14.2 Å². The predicted octanol–water partition coefficient (Wildman–Crippen LogP) is 6.41. The predicted molar refractivity (Wildman–Crippen MR) is 150 cm³/mol. The Hall–Kier alpha value is -2.72. The summed E-state index contributed by atoms with van der Waals surface area (Å²) < 4.78 is 11.4. The molecular formula is C28H34Br2O8. The molecular weight excluding hydrogens is 624 g/mol. The van der Waals surface area contributed by atoms with Gasteiger partial charge in [0, 0.05) is 8.95 Å². The molecule has 4 atom stereocenters. The van der Waals surface area contributed by atoms with E-state index in [4.69, 9.17) is 19.7 Å². The normalized spacial score (nSPS) is 15.4. The highest BCUT2D eigenvalue weighted by atomic mass is 79.9. The molecule has 2 aromatic carbocycles. The molecule has 0 radical (unpaired) electrons. The average Bonchev–Trinajstić information content (AvgIpc) is 2.87. The van der Waals surface area contributed by atoms with Gasteiger partial charge in [-0.2, -0.15) is 0 Å². The molecule has 0 unspecified atom stereocenters. The van der Waals surface area contributed by atoms with E-state index < -0.39 is 34.7 Å². The molecule has 2 N–H and O–H groups in total. The maximum absolute atomic E-state index is 12.0. The van der Waals surface area contributed by atoms with E-state index in [-0.39, 0.29) is 24.7 Å². The van der Waals surface area contributed by atoms with Crippen molar-refractivity contribution in [1.82, 2.24) is 0 Å². The number of rotatable bonds is 10. The van der Waals surface area contributed by atoms with Gasteiger partial charge in [0.25, 0.3) is 0 Å². The van der Waals surface area contributed by atoms with E-state index in [9.17, 15) is 19.2 Å². The molecule has 0 amide bonds. The van der Waals surface area contributed by atoms with Crippen LogP contribution < -0.4 is 0 Å². The van der Waals surface area contributed by atoms with Gasteiger partial charge in [0.2, 0.25) is 0 Å². The Balaban J connectivity index is 0.000000380. The third kappa shape index (κ3) is 8.66. The second-order valence-corrected chi connectivity index (χ2v) is 11.3. The largest absolute Gasteiger partial charge is 0.481 e. The van der Waals surface area contributed by atoms with Crippen LogP contribution in [0.3, 0.4) is 0 Å². The average molecular weight is 658 g/mol. The molecule has 0 fully saturated rings. The van der Waals surface area contributed by atoms with E-state index in [1.807, 2.05) is 62.4 Å². The molecule has 0 aliphatic rings. The van der Waals surface area contributed by atoms with Crippen LogP contribution in [0.2, 0.25) is 0 Å². The Morgan fingerprint density at radius 1 is 0.684 bits per heavy atom. The number of hydrogen-bond donors (Lipinski definition) is 2. The Kier molecular flexibility index (Phi) is 12.7. The smallest absolute Gasteiger partial charge is 0.312 e. The van der Waals surface area contributed by atoms with Crippen LogP contribution in [0.5, 0.6) is 0 Å². The molecule has 0 bridgehead atoms. The fraction of sp³-hybridized carbons (Fsp3) is 0.429. The first kappa shape index (κ1) is 33.3. The maximum Gasteiger partial charge on any atom is 0.312 e. The van der Waals surface area contributed by atoms with Gasteiger partial charge in [-0.15, -0.1) is 0 Å². The Labute approximate surface area is 240 Å². The number of carboxylic acids is 2. The number of carbonyl (C=O) groups is 4. The van der Waals surface area contributed by atoms with Crippen molar-refractivity contribution in [2.24, 2.45) is 10.8 Å². The first-order valence-electron chi connectivity index (χ1n) is 11.7. The van der Waals surface area contributed by atoms with Gasteiger partial charge in [-0.25, -0.2) is 0 Å². The van der Waals surface area contributed by atoms with Gasteiger partial charge in [0.15, 0.2) is 0 Å². The van der Waals surface area contributed by atoms with Crippen molar-refractivity contribution in [2.45, 2.75) is 52.4 Å². The molecule has 38 heavy (non-hydrogen) atoms. The number of aliphatic carboxylic acids is 2. The summed E-state index contributed by atoms with van der Waals surface area (Å²) in [5.74, 6) is -3.57. The molecule has 208 valence electrons. The van der Waals surface area contributed by atoms with Crippen LogP contribution in [-0.4, -0.2) is 48.3 Å². The van der Waals surface area contributed by atoms with Gasteiger partial charge < -0.3 is 19.7 Å². The summed E-state index contributed by atoms with van der Waals surface area (Å²) in [5, 5.41) is 18.0. The number of hydrogen-bond acceptors (Lipinski definition) is 6. The molecule has 0 saturated carbocycles. The maximum atomic E-state index is 12.0. The highest BCUT2D eigenvalue weighted by Gasteiger charge is 2.43. The number of benzene rings is 2. The van der Waals surface area contributed by atoms with Crippen LogP contribution in [0.1, 0.15) is 63.5 Å². The Morgan fingerprint density at radius 2 is 0.947 bits per heavy atom. The molecule has 8 nitrogen and oxygen atoms in total. The van der Waals surface area contributed by atoms with Crippen LogP contribution in [0, 0.1) is 10.8 Å².